The highest BCUT2D eigenvalue weighted by Gasteiger charge is 2.72. The highest BCUT2D eigenvalue weighted by molar-refractivity contribution is 5.73. The number of nitrogens with one attached hydrogen (secondary N) is 1. The standard InChI is InChI=1S/C38H65N7O4/c1-24(2)25(3)34(4)15-16-36(6)26-11-12-29-35(5)22-48-23-38(29,27(26)13-14-37(36,7)30(34)32(46)47)21-28(45-42-33(39)41-43-45)31(35)49-20-18-40-17-10-19-44(8)9/h13,24-26,28-31,40H,10-12,14-23H2,1-9H3,(H2,39,42)(H,46,47)/t25-,26+,28-,29+,30-,31+,34-,35-,36-,37+,38+/m1/s1. The molecule has 4 fully saturated rings. The van der Waals surface area contributed by atoms with Gasteiger partial charge in [-0.3, -0.25) is 4.79 Å². The molecule has 5 aliphatic rings. The molecule has 11 heteroatoms. The van der Waals surface area contributed by atoms with Gasteiger partial charge in [-0.1, -0.05) is 65.2 Å². The number of tetrazole rings is 1. The molecule has 0 unspecified atom stereocenters. The lowest BCUT2D eigenvalue weighted by molar-refractivity contribution is -0.251. The SMILES string of the molecule is CC(C)[C@@H](C)[C@@]1(C)CC[C@]2(C)[C@H]3CC[C@@H]4[C@@]5(COC[C@@]4(C)[C@@H](OCCNCCCN(C)C)[C@H](n4nnc(N)n4)C5)C3=CC[C@@]2(C)[C@@H]1C(=O)O. The summed E-state index contributed by atoms with van der Waals surface area (Å²) >= 11 is 0. The van der Waals surface area contributed by atoms with Crippen molar-refractivity contribution in [2.24, 2.45) is 56.7 Å². The van der Waals surface area contributed by atoms with Crippen LogP contribution in [0.15, 0.2) is 11.6 Å². The van der Waals surface area contributed by atoms with E-state index < -0.39 is 11.9 Å². The minimum Gasteiger partial charge on any atom is -0.481 e. The van der Waals surface area contributed by atoms with Crippen molar-refractivity contribution >= 4 is 11.9 Å². The number of carboxylic acids is 1. The second-order valence-corrected chi connectivity index (χ2v) is 18.3. The van der Waals surface area contributed by atoms with Crippen molar-refractivity contribution in [3.63, 3.8) is 0 Å². The molecule has 11 nitrogen and oxygen atoms in total. The number of hydrogen-bond donors (Lipinski definition) is 3. The summed E-state index contributed by atoms with van der Waals surface area (Å²) in [6.07, 6.45) is 9.13. The van der Waals surface area contributed by atoms with Gasteiger partial charge in [-0.25, -0.2) is 0 Å². The van der Waals surface area contributed by atoms with Crippen molar-refractivity contribution < 1.29 is 19.4 Å². The van der Waals surface area contributed by atoms with Crippen LogP contribution in [0.1, 0.15) is 99.5 Å². The first-order chi connectivity index (χ1) is 23.0. The maximum Gasteiger partial charge on any atom is 0.307 e. The van der Waals surface area contributed by atoms with Crippen molar-refractivity contribution in [2.75, 3.05) is 59.3 Å². The van der Waals surface area contributed by atoms with Gasteiger partial charge in [-0.2, -0.15) is 4.80 Å². The van der Waals surface area contributed by atoms with E-state index in [-0.39, 0.29) is 45.2 Å². The quantitative estimate of drug-likeness (QED) is 0.196. The fourth-order valence-electron chi connectivity index (χ4n) is 12.4. The zero-order valence-electron chi connectivity index (χ0n) is 31.8. The van der Waals surface area contributed by atoms with Gasteiger partial charge in [-0.15, -0.1) is 5.10 Å². The first-order valence-electron chi connectivity index (χ1n) is 19.1. The maximum atomic E-state index is 13.4. The van der Waals surface area contributed by atoms with E-state index in [1.807, 2.05) is 0 Å². The lowest BCUT2D eigenvalue weighted by atomic mass is 9.34. The van der Waals surface area contributed by atoms with Gasteiger partial charge < -0.3 is 30.5 Å². The fraction of sp³-hybridized carbons (Fsp3) is 0.895. The average Bonchev–Trinajstić information content (AvgIpc) is 3.46. The number of fused-ring (bicyclic) bond motifs is 3. The second kappa shape index (κ2) is 13.2. The van der Waals surface area contributed by atoms with Crippen molar-refractivity contribution in [2.45, 2.75) is 106 Å². The largest absolute Gasteiger partial charge is 0.481 e. The molecule has 0 spiro atoms. The van der Waals surface area contributed by atoms with Gasteiger partial charge >= 0.3 is 5.97 Å². The van der Waals surface area contributed by atoms with Crippen LogP contribution in [0, 0.1) is 56.7 Å². The molecule has 6 rings (SSSR count). The smallest absolute Gasteiger partial charge is 0.307 e. The van der Waals surface area contributed by atoms with Crippen molar-refractivity contribution in [3.05, 3.63) is 11.6 Å². The van der Waals surface area contributed by atoms with Crippen molar-refractivity contribution in [1.82, 2.24) is 30.4 Å². The number of anilines is 1. The van der Waals surface area contributed by atoms with E-state index in [1.165, 1.54) is 5.57 Å². The molecular weight excluding hydrogens is 618 g/mol. The van der Waals surface area contributed by atoms with Gasteiger partial charge in [0.05, 0.1) is 31.8 Å². The number of aromatic nitrogens is 4. The number of carbonyl (C=O) groups is 1. The third-order valence-electron chi connectivity index (χ3n) is 15.4. The molecule has 0 amide bonds. The number of nitrogen functional groups attached to an aromatic ring is 1. The lowest BCUT2D eigenvalue weighted by Gasteiger charge is -2.71. The van der Waals surface area contributed by atoms with E-state index >= 15 is 0 Å². The molecule has 1 aromatic heterocycles. The highest BCUT2D eigenvalue weighted by Crippen LogP contribution is 2.75. The fourth-order valence-corrected chi connectivity index (χ4v) is 12.4. The molecule has 0 radical (unpaired) electrons. The Balaban J connectivity index is 1.34. The van der Waals surface area contributed by atoms with Crippen LogP contribution in [-0.2, 0) is 14.3 Å². The van der Waals surface area contributed by atoms with E-state index in [4.69, 9.17) is 15.2 Å². The van der Waals surface area contributed by atoms with Gasteiger partial charge in [0.2, 0.25) is 0 Å². The van der Waals surface area contributed by atoms with Gasteiger partial charge in [0, 0.05) is 17.4 Å². The molecule has 11 atom stereocenters. The van der Waals surface area contributed by atoms with Gasteiger partial charge in [0.1, 0.15) is 6.04 Å². The summed E-state index contributed by atoms with van der Waals surface area (Å²) in [6.45, 7) is 20.9. The first kappa shape index (κ1) is 36.7. The van der Waals surface area contributed by atoms with E-state index in [2.05, 4.69) is 94.3 Å². The van der Waals surface area contributed by atoms with Crippen LogP contribution < -0.4 is 11.1 Å². The molecule has 4 aliphatic carbocycles. The summed E-state index contributed by atoms with van der Waals surface area (Å²) in [5.41, 5.74) is 6.34. The predicted octanol–water partition coefficient (Wildman–Crippen LogP) is 5.31. The van der Waals surface area contributed by atoms with E-state index in [0.29, 0.717) is 43.5 Å². The number of carboxylic acid groups (broad SMARTS) is 1. The molecule has 1 aliphatic heterocycles. The number of ether oxygens (including phenoxy) is 2. The second-order valence-electron chi connectivity index (χ2n) is 18.3. The Kier molecular flexibility index (Phi) is 9.85. The summed E-state index contributed by atoms with van der Waals surface area (Å²) in [6, 6.07) is -0.141. The number of allylic oxidation sites excluding steroid dienone is 1. The van der Waals surface area contributed by atoms with Crippen molar-refractivity contribution in [1.29, 1.82) is 0 Å². The van der Waals surface area contributed by atoms with E-state index in [9.17, 15) is 9.90 Å². The maximum absolute atomic E-state index is 13.4. The molecule has 1 saturated heterocycles. The van der Waals surface area contributed by atoms with E-state index in [1.54, 1.807) is 4.80 Å². The topological polar surface area (TPSA) is 141 Å². The number of nitrogens with two attached hydrogens (primary N) is 1. The number of nitrogens with zero attached hydrogens (tertiary/aromatic N) is 5. The Hall–Kier alpha value is -2.08. The monoisotopic (exact) mass is 684 g/mol. The van der Waals surface area contributed by atoms with Crippen molar-refractivity contribution in [3.8, 4) is 0 Å². The van der Waals surface area contributed by atoms with Gasteiger partial charge in [0.25, 0.3) is 5.95 Å². The Labute approximate surface area is 294 Å². The minimum atomic E-state index is -0.625. The molecule has 276 valence electrons. The molecule has 3 saturated carbocycles. The summed E-state index contributed by atoms with van der Waals surface area (Å²) in [5.74, 6) is 0.558. The first-order valence-corrected chi connectivity index (χ1v) is 19.1. The van der Waals surface area contributed by atoms with Crippen LogP contribution >= 0.6 is 0 Å². The number of aliphatic carboxylic acids is 1. The summed E-state index contributed by atoms with van der Waals surface area (Å²) in [5, 5.41) is 27.7. The molecular formula is C38H65N7O4. The zero-order chi connectivity index (χ0) is 35.6. The number of hydrogen-bond acceptors (Lipinski definition) is 9. The molecule has 4 N–H and O–H groups in total. The average molecular weight is 684 g/mol. The molecule has 0 aromatic carbocycles. The Morgan fingerprint density at radius 3 is 2.55 bits per heavy atom. The zero-order valence-corrected chi connectivity index (χ0v) is 31.8. The Morgan fingerprint density at radius 1 is 1.14 bits per heavy atom. The third kappa shape index (κ3) is 5.68. The van der Waals surface area contributed by atoms with Crippen LogP contribution in [0.25, 0.3) is 0 Å². The molecule has 49 heavy (non-hydrogen) atoms. The Morgan fingerprint density at radius 2 is 1.90 bits per heavy atom. The van der Waals surface area contributed by atoms with Crippen LogP contribution in [0.4, 0.5) is 5.95 Å². The van der Waals surface area contributed by atoms with Crippen LogP contribution in [0.5, 0.6) is 0 Å². The lowest BCUT2D eigenvalue weighted by Crippen LogP contribution is -2.69. The Bertz CT molecular complexity index is 1400. The predicted molar refractivity (Wildman–Crippen MR) is 191 cm³/mol. The third-order valence-corrected chi connectivity index (χ3v) is 15.4. The normalized spacial score (nSPS) is 42.3. The summed E-state index contributed by atoms with van der Waals surface area (Å²) < 4.78 is 13.5. The van der Waals surface area contributed by atoms with Crippen LogP contribution in [0.3, 0.4) is 0 Å². The molecule has 1 aromatic rings. The van der Waals surface area contributed by atoms with E-state index in [0.717, 1.165) is 64.6 Å². The molecule has 2 bridgehead atoms. The number of rotatable bonds is 12. The van der Waals surface area contributed by atoms with Gasteiger partial charge in [-0.05, 0) is 117 Å². The summed E-state index contributed by atoms with van der Waals surface area (Å²) in [4.78, 5) is 17.4. The van der Waals surface area contributed by atoms with Crippen LogP contribution in [0.2, 0.25) is 0 Å². The molecule has 2 heterocycles. The van der Waals surface area contributed by atoms with Crippen LogP contribution in [-0.4, -0.2) is 95.8 Å². The highest BCUT2D eigenvalue weighted by atomic mass is 16.5. The van der Waals surface area contributed by atoms with Gasteiger partial charge in [0.15, 0.2) is 0 Å². The minimum absolute atomic E-state index is 0.138. The summed E-state index contributed by atoms with van der Waals surface area (Å²) in [7, 11) is 4.21.